The SMILES string of the molecule is [Cl-].c1ccc(-c2cc(-c3ccccc3)[n+](-c3ccccn3)c(-c3ccccc3)c2)cc1. The molecule has 0 bridgehead atoms. The summed E-state index contributed by atoms with van der Waals surface area (Å²) < 4.78 is 2.25. The number of benzene rings is 3. The van der Waals surface area contributed by atoms with E-state index >= 15 is 0 Å². The zero-order valence-electron chi connectivity index (χ0n) is 16.9. The number of halogens is 1. The molecule has 0 aliphatic rings. The molecule has 0 N–H and O–H groups in total. The van der Waals surface area contributed by atoms with Crippen LogP contribution >= 0.6 is 0 Å². The molecule has 0 fully saturated rings. The Morgan fingerprint density at radius 2 is 0.903 bits per heavy atom. The van der Waals surface area contributed by atoms with Gasteiger partial charge in [-0.3, -0.25) is 0 Å². The van der Waals surface area contributed by atoms with E-state index < -0.39 is 0 Å². The molecule has 0 amide bonds. The fraction of sp³-hybridized carbons (Fsp3) is 0. The molecular formula is C28H21ClN2. The number of nitrogens with zero attached hydrogens (tertiary/aromatic N) is 2. The lowest BCUT2D eigenvalue weighted by Gasteiger charge is -2.14. The maximum absolute atomic E-state index is 4.69. The van der Waals surface area contributed by atoms with Crippen molar-refractivity contribution >= 4 is 0 Å². The van der Waals surface area contributed by atoms with E-state index in [0.717, 1.165) is 28.3 Å². The van der Waals surface area contributed by atoms with E-state index in [1.165, 1.54) is 11.1 Å². The Kier molecular flexibility index (Phi) is 6.21. The van der Waals surface area contributed by atoms with Crippen LogP contribution in [0.3, 0.4) is 0 Å². The van der Waals surface area contributed by atoms with Crippen molar-refractivity contribution in [1.29, 1.82) is 0 Å². The molecule has 2 nitrogen and oxygen atoms in total. The maximum atomic E-state index is 4.69. The molecule has 3 aromatic carbocycles. The first-order valence-electron chi connectivity index (χ1n) is 10.1. The molecule has 0 unspecified atom stereocenters. The van der Waals surface area contributed by atoms with Crippen molar-refractivity contribution in [1.82, 2.24) is 4.98 Å². The van der Waals surface area contributed by atoms with Crippen molar-refractivity contribution in [2.45, 2.75) is 0 Å². The van der Waals surface area contributed by atoms with Crippen molar-refractivity contribution in [3.63, 3.8) is 0 Å². The van der Waals surface area contributed by atoms with Crippen LogP contribution in [0.25, 0.3) is 39.5 Å². The molecule has 5 aromatic rings. The first-order chi connectivity index (χ1) is 14.9. The predicted molar refractivity (Wildman–Crippen MR) is 122 cm³/mol. The average molecular weight is 421 g/mol. The van der Waals surface area contributed by atoms with Crippen LogP contribution in [0.5, 0.6) is 0 Å². The van der Waals surface area contributed by atoms with Crippen molar-refractivity contribution in [3.05, 3.63) is 128 Å². The molecule has 0 aliphatic heterocycles. The summed E-state index contributed by atoms with van der Waals surface area (Å²) in [6.07, 6.45) is 1.84. The Morgan fingerprint density at radius 3 is 1.35 bits per heavy atom. The smallest absolute Gasteiger partial charge is 0.328 e. The van der Waals surface area contributed by atoms with Crippen LogP contribution in [-0.4, -0.2) is 4.98 Å². The van der Waals surface area contributed by atoms with Crippen molar-refractivity contribution in [2.24, 2.45) is 0 Å². The molecule has 3 heteroatoms. The van der Waals surface area contributed by atoms with E-state index in [9.17, 15) is 0 Å². The van der Waals surface area contributed by atoms with Gasteiger partial charge in [0.15, 0.2) is 0 Å². The summed E-state index contributed by atoms with van der Waals surface area (Å²) in [4.78, 5) is 4.69. The normalized spacial score (nSPS) is 10.3. The van der Waals surface area contributed by atoms with Gasteiger partial charge in [-0.1, -0.05) is 97.1 Å². The summed E-state index contributed by atoms with van der Waals surface area (Å²) in [5.41, 5.74) is 6.89. The summed E-state index contributed by atoms with van der Waals surface area (Å²) in [7, 11) is 0. The van der Waals surface area contributed by atoms with Gasteiger partial charge in [-0.15, -0.1) is 0 Å². The number of hydrogen-bond donors (Lipinski definition) is 0. The van der Waals surface area contributed by atoms with Gasteiger partial charge in [0.1, 0.15) is 17.6 Å². The minimum Gasteiger partial charge on any atom is -1.00 e. The van der Waals surface area contributed by atoms with Gasteiger partial charge in [0.05, 0.1) is 0 Å². The molecule has 150 valence electrons. The van der Waals surface area contributed by atoms with Crippen LogP contribution in [0.1, 0.15) is 0 Å². The van der Waals surface area contributed by atoms with Crippen molar-refractivity contribution in [2.75, 3.05) is 0 Å². The minimum absolute atomic E-state index is 0. The van der Waals surface area contributed by atoms with Crippen LogP contribution in [0, 0.1) is 0 Å². The molecule has 2 aromatic heterocycles. The lowest BCUT2D eigenvalue weighted by atomic mass is 9.99. The van der Waals surface area contributed by atoms with E-state index in [1.54, 1.807) is 0 Å². The van der Waals surface area contributed by atoms with Gasteiger partial charge in [0, 0.05) is 17.2 Å². The van der Waals surface area contributed by atoms with E-state index in [-0.39, 0.29) is 12.4 Å². The van der Waals surface area contributed by atoms with Gasteiger partial charge in [0.25, 0.3) is 0 Å². The zero-order chi connectivity index (χ0) is 20.2. The molecule has 0 saturated heterocycles. The topological polar surface area (TPSA) is 16.8 Å². The Labute approximate surface area is 188 Å². The molecule has 0 atom stereocenters. The van der Waals surface area contributed by atoms with Gasteiger partial charge >= 0.3 is 5.82 Å². The second-order valence-electron chi connectivity index (χ2n) is 7.14. The van der Waals surface area contributed by atoms with E-state index in [2.05, 4.69) is 107 Å². The standard InChI is InChI=1S/C28H21N2.ClH/c1-4-12-22(13-5-1)25-20-26(23-14-6-2-7-15-23)30(28-18-10-11-19-29-28)27(21-25)24-16-8-3-9-17-24;/h1-21H;1H/q+1;/p-1. The number of pyridine rings is 2. The summed E-state index contributed by atoms with van der Waals surface area (Å²) >= 11 is 0. The van der Waals surface area contributed by atoms with Crippen LogP contribution < -0.4 is 17.0 Å². The average Bonchev–Trinajstić information content (AvgIpc) is 2.85. The highest BCUT2D eigenvalue weighted by atomic mass is 35.5. The lowest BCUT2D eigenvalue weighted by Crippen LogP contribution is -3.00. The molecule has 0 aliphatic carbocycles. The van der Waals surface area contributed by atoms with E-state index in [1.807, 2.05) is 30.5 Å². The highest BCUT2D eigenvalue weighted by Gasteiger charge is 2.22. The first-order valence-corrected chi connectivity index (χ1v) is 10.1. The summed E-state index contributed by atoms with van der Waals surface area (Å²) in [5, 5.41) is 0. The maximum Gasteiger partial charge on any atom is 0.328 e. The van der Waals surface area contributed by atoms with Gasteiger partial charge in [0.2, 0.25) is 0 Å². The molecular weight excluding hydrogens is 400 g/mol. The van der Waals surface area contributed by atoms with E-state index in [0.29, 0.717) is 0 Å². The third-order valence-corrected chi connectivity index (χ3v) is 5.19. The summed E-state index contributed by atoms with van der Waals surface area (Å²) in [5.74, 6) is 0.898. The second-order valence-corrected chi connectivity index (χ2v) is 7.14. The fourth-order valence-corrected chi connectivity index (χ4v) is 3.77. The zero-order valence-corrected chi connectivity index (χ0v) is 17.7. The predicted octanol–water partition coefficient (Wildman–Crippen LogP) is 3.36. The quantitative estimate of drug-likeness (QED) is 0.407. The number of rotatable bonds is 4. The Morgan fingerprint density at radius 1 is 0.452 bits per heavy atom. The monoisotopic (exact) mass is 420 g/mol. The molecule has 0 radical (unpaired) electrons. The van der Waals surface area contributed by atoms with Crippen LogP contribution in [-0.2, 0) is 0 Å². The molecule has 0 spiro atoms. The number of hydrogen-bond acceptors (Lipinski definition) is 1. The van der Waals surface area contributed by atoms with Crippen molar-refractivity contribution in [3.8, 4) is 39.5 Å². The Bertz CT molecular complexity index is 1200. The first kappa shape index (κ1) is 20.5. The Hall–Kier alpha value is -3.75. The summed E-state index contributed by atoms with van der Waals surface area (Å²) in [6, 6.07) is 42.1. The number of aromatic nitrogens is 2. The molecule has 31 heavy (non-hydrogen) atoms. The van der Waals surface area contributed by atoms with Crippen LogP contribution in [0.15, 0.2) is 128 Å². The van der Waals surface area contributed by atoms with Crippen LogP contribution in [0.4, 0.5) is 0 Å². The fourth-order valence-electron chi connectivity index (χ4n) is 3.77. The van der Waals surface area contributed by atoms with Gasteiger partial charge in [-0.25, -0.2) is 0 Å². The highest BCUT2D eigenvalue weighted by molar-refractivity contribution is 5.74. The highest BCUT2D eigenvalue weighted by Crippen LogP contribution is 2.30. The lowest BCUT2D eigenvalue weighted by molar-refractivity contribution is -0.576. The van der Waals surface area contributed by atoms with Crippen LogP contribution in [0.2, 0.25) is 0 Å². The van der Waals surface area contributed by atoms with Gasteiger partial charge in [-0.2, -0.15) is 4.57 Å². The van der Waals surface area contributed by atoms with Gasteiger partial charge in [-0.05, 0) is 34.3 Å². The second kappa shape index (κ2) is 9.38. The molecule has 0 saturated carbocycles. The van der Waals surface area contributed by atoms with Crippen molar-refractivity contribution < 1.29 is 17.0 Å². The largest absolute Gasteiger partial charge is 1.00 e. The third kappa shape index (κ3) is 4.25. The molecule has 5 rings (SSSR count). The van der Waals surface area contributed by atoms with Gasteiger partial charge < -0.3 is 12.4 Å². The Balaban J connectivity index is 0.00000231. The van der Waals surface area contributed by atoms with E-state index in [4.69, 9.17) is 0 Å². The minimum atomic E-state index is 0. The molecule has 2 heterocycles. The summed E-state index contributed by atoms with van der Waals surface area (Å²) in [6.45, 7) is 0. The third-order valence-electron chi connectivity index (χ3n) is 5.19.